The molecule has 14 nitrogen and oxygen atoms in total. The lowest BCUT2D eigenvalue weighted by Crippen LogP contribution is -2.52. The van der Waals surface area contributed by atoms with Gasteiger partial charge in [0.2, 0.25) is 11.8 Å². The summed E-state index contributed by atoms with van der Waals surface area (Å²) in [6.07, 6.45) is 12.9. The summed E-state index contributed by atoms with van der Waals surface area (Å²) in [5.41, 5.74) is 3.46. The van der Waals surface area contributed by atoms with Gasteiger partial charge in [-0.3, -0.25) is 24.6 Å². The van der Waals surface area contributed by atoms with Gasteiger partial charge in [0, 0.05) is 110 Å². The number of imide groups is 1. The number of amides is 3. The van der Waals surface area contributed by atoms with Crippen LogP contribution in [0.3, 0.4) is 0 Å². The van der Waals surface area contributed by atoms with Crippen molar-refractivity contribution in [3.8, 4) is 35.2 Å². The van der Waals surface area contributed by atoms with Gasteiger partial charge in [0.25, 0.3) is 5.91 Å². The van der Waals surface area contributed by atoms with Crippen LogP contribution in [0.4, 0.5) is 15.9 Å². The van der Waals surface area contributed by atoms with Gasteiger partial charge in [-0.15, -0.1) is 6.42 Å². The Morgan fingerprint density at radius 3 is 2.38 bits per heavy atom. The van der Waals surface area contributed by atoms with E-state index >= 15 is 4.39 Å². The molecular weight excluding hydrogens is 945 g/mol. The first-order chi connectivity index (χ1) is 34.4. The van der Waals surface area contributed by atoms with E-state index in [0.717, 1.165) is 115 Å². The van der Waals surface area contributed by atoms with E-state index in [-0.39, 0.29) is 51.5 Å². The third-order valence-corrected chi connectivity index (χ3v) is 16.9. The molecule has 3 atom stereocenters. The highest BCUT2D eigenvalue weighted by Crippen LogP contribution is 2.48. The van der Waals surface area contributed by atoms with E-state index in [1.807, 2.05) is 18.2 Å². The maximum atomic E-state index is 17.4. The zero-order valence-corrected chi connectivity index (χ0v) is 41.0. The van der Waals surface area contributed by atoms with E-state index in [1.54, 1.807) is 29.2 Å². The largest absolute Gasteiger partial charge is 0.508 e. The van der Waals surface area contributed by atoms with Crippen molar-refractivity contribution in [3.05, 3.63) is 81.1 Å². The topological polar surface area (TPSA) is 147 Å². The molecular formula is C54H56Cl2FN9O5. The van der Waals surface area contributed by atoms with Crippen LogP contribution in [0.25, 0.3) is 32.8 Å². The van der Waals surface area contributed by atoms with Gasteiger partial charge in [-0.05, 0) is 117 Å². The highest BCUT2D eigenvalue weighted by atomic mass is 35.5. The van der Waals surface area contributed by atoms with Crippen LogP contribution < -0.4 is 25.2 Å². The summed E-state index contributed by atoms with van der Waals surface area (Å²) in [6, 6.07) is 14.2. The van der Waals surface area contributed by atoms with Gasteiger partial charge < -0.3 is 34.8 Å². The van der Waals surface area contributed by atoms with Gasteiger partial charge in [0.15, 0.2) is 5.82 Å². The molecule has 368 valence electrons. The summed E-state index contributed by atoms with van der Waals surface area (Å²) in [5.74, 6) is 2.35. The van der Waals surface area contributed by atoms with Gasteiger partial charge >= 0.3 is 6.01 Å². The van der Waals surface area contributed by atoms with Gasteiger partial charge in [0.1, 0.15) is 23.1 Å². The number of phenols is 1. The number of terminal acetylenes is 1. The van der Waals surface area contributed by atoms with Crippen LogP contribution in [0.15, 0.2) is 48.5 Å². The SMILES string of the molecule is C#Cc1cccc2cc(O)cc(-c3c(Cl)cc4c(N5CC6CCC(C5)N6)nc(OCC5(CN6CCC(CN7CCN(c8cc9c(cc8Cl)C(=O)N(C8CCC(=O)NC8=O)C9)CC7)CC6)CC5)nc4c3F)c12. The predicted octanol–water partition coefficient (Wildman–Crippen LogP) is 6.98. The predicted molar refractivity (Wildman–Crippen MR) is 272 cm³/mol. The second-order valence-corrected chi connectivity index (χ2v) is 21.8. The standard InChI is InChI=1S/C54H56Cl2FN9O5/c1-2-32-4-3-5-33-20-37(67)22-39(46(32)33)47-42(56)24-40-49(48(47)57)60-53(61-50(40)65-27-35-6-7-36(28-65)58-35)71-30-54(12-13-54)29-63-14-10-31(11-15-63)25-62-16-18-64(19-17-62)44-21-34-26-66(52(70)38(34)23-41(44)55)43-8-9-45(68)59-51(43)69/h1,3-5,20-24,31,35-36,43,58,67H,6-19,25-30H2,(H,59,68,69). The van der Waals surface area contributed by atoms with E-state index in [2.05, 4.69) is 36.2 Å². The smallest absolute Gasteiger partial charge is 0.319 e. The summed E-state index contributed by atoms with van der Waals surface area (Å²) in [7, 11) is 0. The number of phenolic OH excluding ortho intramolecular Hbond substituents is 1. The zero-order valence-electron chi connectivity index (χ0n) is 39.5. The summed E-state index contributed by atoms with van der Waals surface area (Å²) < 4.78 is 23.9. The lowest BCUT2D eigenvalue weighted by Gasteiger charge is -2.40. The fraction of sp³-hybridized carbons (Fsp3) is 0.463. The third kappa shape index (κ3) is 8.79. The Morgan fingerprint density at radius 2 is 1.65 bits per heavy atom. The molecule has 1 saturated carbocycles. The Hall–Kier alpha value is -5.76. The molecule has 0 radical (unpaired) electrons. The fourth-order valence-electron chi connectivity index (χ4n) is 12.3. The number of piperidine rings is 2. The van der Waals surface area contributed by atoms with Crippen molar-refractivity contribution in [2.45, 2.75) is 76.0 Å². The maximum Gasteiger partial charge on any atom is 0.319 e. The fourth-order valence-corrected chi connectivity index (χ4v) is 12.9. The van der Waals surface area contributed by atoms with E-state index < -0.39 is 17.8 Å². The molecule has 7 aliphatic rings. The van der Waals surface area contributed by atoms with Crippen LogP contribution in [0.2, 0.25) is 10.0 Å². The number of hydrogen-bond acceptors (Lipinski definition) is 12. The van der Waals surface area contributed by atoms with Crippen LogP contribution in [0.1, 0.15) is 72.9 Å². The molecule has 12 rings (SSSR count). The molecule has 7 heterocycles. The van der Waals surface area contributed by atoms with Crippen molar-refractivity contribution in [1.82, 2.24) is 35.3 Å². The molecule has 6 aliphatic heterocycles. The number of nitrogens with zero attached hydrogens (tertiary/aromatic N) is 7. The average Bonchev–Trinajstić information content (AvgIpc) is 3.95. The lowest BCUT2D eigenvalue weighted by molar-refractivity contribution is -0.136. The van der Waals surface area contributed by atoms with Gasteiger partial charge in [-0.25, -0.2) is 4.39 Å². The van der Waals surface area contributed by atoms with Crippen LogP contribution in [-0.2, 0) is 16.1 Å². The van der Waals surface area contributed by atoms with Crippen molar-refractivity contribution in [3.63, 3.8) is 0 Å². The molecule has 3 unspecified atom stereocenters. The number of aromatic hydroxyl groups is 1. The number of carbonyl (C=O) groups is 3. The highest BCUT2D eigenvalue weighted by Gasteiger charge is 2.46. The molecule has 5 saturated heterocycles. The first kappa shape index (κ1) is 46.3. The molecule has 0 spiro atoms. The van der Waals surface area contributed by atoms with Gasteiger partial charge in [-0.2, -0.15) is 9.97 Å². The Morgan fingerprint density at radius 1 is 0.873 bits per heavy atom. The molecule has 1 aliphatic carbocycles. The summed E-state index contributed by atoms with van der Waals surface area (Å²) >= 11 is 13.9. The number of halogens is 3. The van der Waals surface area contributed by atoms with Crippen molar-refractivity contribution < 1.29 is 28.6 Å². The molecule has 71 heavy (non-hydrogen) atoms. The lowest BCUT2D eigenvalue weighted by atomic mass is 9.93. The third-order valence-electron chi connectivity index (χ3n) is 16.3. The summed E-state index contributed by atoms with van der Waals surface area (Å²) in [6.45, 7) is 9.72. The van der Waals surface area contributed by atoms with Crippen molar-refractivity contribution >= 4 is 74.1 Å². The zero-order chi connectivity index (χ0) is 48.7. The second kappa shape index (κ2) is 18.4. The summed E-state index contributed by atoms with van der Waals surface area (Å²) in [5, 5.41) is 19.4. The average molecular weight is 1000 g/mol. The Kier molecular flexibility index (Phi) is 12.0. The van der Waals surface area contributed by atoms with Crippen molar-refractivity contribution in [2.24, 2.45) is 11.3 Å². The van der Waals surface area contributed by atoms with E-state index in [1.165, 1.54) is 6.07 Å². The van der Waals surface area contributed by atoms with Crippen LogP contribution >= 0.6 is 23.2 Å². The molecule has 1 aromatic heterocycles. The van der Waals surface area contributed by atoms with Crippen LogP contribution in [0.5, 0.6) is 11.8 Å². The Balaban J connectivity index is 0.690. The number of ether oxygens (including phenoxy) is 1. The Labute approximate surface area is 421 Å². The number of carbonyl (C=O) groups excluding carboxylic acids is 3. The number of rotatable bonds is 11. The van der Waals surface area contributed by atoms with Gasteiger partial charge in [-0.1, -0.05) is 41.3 Å². The molecule has 6 fully saturated rings. The number of nitrogens with one attached hydrogen (secondary N) is 2. The number of likely N-dealkylation sites (tertiary alicyclic amines) is 1. The minimum atomic E-state index is -0.659. The van der Waals surface area contributed by atoms with E-state index in [0.29, 0.717) is 81.3 Å². The molecule has 3 N–H and O–H groups in total. The number of benzene rings is 4. The minimum Gasteiger partial charge on any atom is -0.508 e. The van der Waals surface area contributed by atoms with Crippen molar-refractivity contribution in [2.75, 3.05) is 81.9 Å². The molecule has 3 amide bonds. The number of fused-ring (bicyclic) bond motifs is 5. The number of piperazine rings is 2. The number of aromatic nitrogens is 2. The summed E-state index contributed by atoms with van der Waals surface area (Å²) in [4.78, 5) is 58.7. The van der Waals surface area contributed by atoms with Gasteiger partial charge in [0.05, 0.1) is 22.3 Å². The molecule has 5 aromatic rings. The molecule has 2 bridgehead atoms. The molecule has 4 aromatic carbocycles. The Bertz CT molecular complexity index is 3040. The van der Waals surface area contributed by atoms with E-state index in [9.17, 15) is 19.5 Å². The minimum absolute atomic E-state index is 0.0268. The monoisotopic (exact) mass is 999 g/mol. The quantitative estimate of drug-likeness (QED) is 0.0928. The normalized spacial score (nSPS) is 23.7. The first-order valence-electron chi connectivity index (χ1n) is 25.1. The van der Waals surface area contributed by atoms with E-state index in [4.69, 9.17) is 44.3 Å². The maximum absolute atomic E-state index is 17.4. The number of anilines is 2. The van der Waals surface area contributed by atoms with Crippen molar-refractivity contribution in [1.29, 1.82) is 0 Å². The first-order valence-corrected chi connectivity index (χ1v) is 25.9. The second-order valence-electron chi connectivity index (χ2n) is 21.0. The van der Waals surface area contributed by atoms with Crippen LogP contribution in [0, 0.1) is 29.5 Å². The highest BCUT2D eigenvalue weighted by molar-refractivity contribution is 6.35. The number of hydrogen-bond donors (Lipinski definition) is 3. The molecule has 17 heteroatoms. The van der Waals surface area contributed by atoms with Crippen LogP contribution in [-0.4, -0.2) is 138 Å².